The van der Waals surface area contributed by atoms with Gasteiger partial charge in [0.05, 0.1) is 13.2 Å². The number of methoxy groups -OCH3 is 1. The molecule has 0 radical (unpaired) electrons. The normalized spacial score (nSPS) is 12.3. The van der Waals surface area contributed by atoms with E-state index in [4.69, 9.17) is 16.3 Å². The summed E-state index contributed by atoms with van der Waals surface area (Å²) in [6, 6.07) is 5.55. The van der Waals surface area contributed by atoms with Crippen LogP contribution in [-0.2, 0) is 0 Å². The van der Waals surface area contributed by atoms with E-state index >= 15 is 0 Å². The van der Waals surface area contributed by atoms with Gasteiger partial charge in [-0.25, -0.2) is 0 Å². The Morgan fingerprint density at radius 1 is 1.42 bits per heavy atom. The molecule has 1 unspecified atom stereocenters. The van der Waals surface area contributed by atoms with E-state index in [9.17, 15) is 5.11 Å². The van der Waals surface area contributed by atoms with Crippen LogP contribution in [0.15, 0.2) is 30.6 Å². The zero-order valence-corrected chi connectivity index (χ0v) is 11.9. The zero-order valence-electron chi connectivity index (χ0n) is 11.1. The van der Waals surface area contributed by atoms with Gasteiger partial charge in [-0.05, 0) is 31.5 Å². The van der Waals surface area contributed by atoms with Crippen molar-refractivity contribution in [3.8, 4) is 16.9 Å². The Kier molecular flexibility index (Phi) is 4.08. The fourth-order valence-electron chi connectivity index (χ4n) is 2.13. The lowest BCUT2D eigenvalue weighted by molar-refractivity contribution is 0.194. The standard InChI is InChI=1S/C15H16ClNO2/c1-9-13(16)7-12(10(2)18)15(19-3)14(9)11-5-4-6-17-8-11/h4-8,10,18H,1-3H3. The van der Waals surface area contributed by atoms with Crippen LogP contribution in [0.4, 0.5) is 0 Å². The summed E-state index contributed by atoms with van der Waals surface area (Å²) in [6.45, 7) is 3.62. The third-order valence-corrected chi connectivity index (χ3v) is 3.50. The van der Waals surface area contributed by atoms with Crippen molar-refractivity contribution in [2.75, 3.05) is 7.11 Å². The fourth-order valence-corrected chi connectivity index (χ4v) is 2.34. The van der Waals surface area contributed by atoms with Gasteiger partial charge in [0.1, 0.15) is 5.75 Å². The SMILES string of the molecule is COc1c(C(C)O)cc(Cl)c(C)c1-c1cccnc1. The molecule has 0 spiro atoms. The molecule has 1 atom stereocenters. The van der Waals surface area contributed by atoms with Gasteiger partial charge in [0.25, 0.3) is 0 Å². The molecular weight excluding hydrogens is 262 g/mol. The number of hydrogen-bond acceptors (Lipinski definition) is 3. The van der Waals surface area contributed by atoms with E-state index < -0.39 is 6.10 Å². The minimum Gasteiger partial charge on any atom is -0.496 e. The van der Waals surface area contributed by atoms with Crippen LogP contribution in [0.2, 0.25) is 5.02 Å². The van der Waals surface area contributed by atoms with Gasteiger partial charge in [-0.2, -0.15) is 0 Å². The van der Waals surface area contributed by atoms with Crippen molar-refractivity contribution in [1.82, 2.24) is 4.98 Å². The number of rotatable bonds is 3. The molecule has 19 heavy (non-hydrogen) atoms. The number of hydrogen-bond donors (Lipinski definition) is 1. The first kappa shape index (κ1) is 13.8. The first-order valence-corrected chi connectivity index (χ1v) is 6.39. The van der Waals surface area contributed by atoms with Gasteiger partial charge >= 0.3 is 0 Å². The van der Waals surface area contributed by atoms with Crippen LogP contribution in [0.25, 0.3) is 11.1 Å². The van der Waals surface area contributed by atoms with Crippen molar-refractivity contribution in [3.63, 3.8) is 0 Å². The molecule has 0 bridgehead atoms. The Labute approximate surface area is 117 Å². The lowest BCUT2D eigenvalue weighted by Crippen LogP contribution is -2.01. The average Bonchev–Trinajstić information content (AvgIpc) is 2.41. The topological polar surface area (TPSA) is 42.4 Å². The van der Waals surface area contributed by atoms with Crippen molar-refractivity contribution in [2.45, 2.75) is 20.0 Å². The smallest absolute Gasteiger partial charge is 0.132 e. The number of aliphatic hydroxyl groups is 1. The van der Waals surface area contributed by atoms with Crippen molar-refractivity contribution < 1.29 is 9.84 Å². The second kappa shape index (κ2) is 5.59. The summed E-state index contributed by atoms with van der Waals surface area (Å²) in [5, 5.41) is 10.5. The Morgan fingerprint density at radius 3 is 2.68 bits per heavy atom. The van der Waals surface area contributed by atoms with Crippen molar-refractivity contribution in [3.05, 3.63) is 46.7 Å². The number of halogens is 1. The molecule has 0 aliphatic heterocycles. The number of pyridine rings is 1. The highest BCUT2D eigenvalue weighted by molar-refractivity contribution is 6.32. The molecule has 2 rings (SSSR count). The fraction of sp³-hybridized carbons (Fsp3) is 0.267. The van der Waals surface area contributed by atoms with Gasteiger partial charge in [0.2, 0.25) is 0 Å². The minimum absolute atomic E-state index is 0.607. The van der Waals surface area contributed by atoms with Crippen LogP contribution in [-0.4, -0.2) is 17.2 Å². The molecule has 1 aromatic heterocycles. The monoisotopic (exact) mass is 277 g/mol. The van der Waals surface area contributed by atoms with Crippen LogP contribution < -0.4 is 4.74 Å². The maximum absolute atomic E-state index is 9.87. The van der Waals surface area contributed by atoms with E-state index in [1.54, 1.807) is 32.5 Å². The zero-order chi connectivity index (χ0) is 14.0. The average molecular weight is 278 g/mol. The molecule has 0 amide bonds. The Bertz CT molecular complexity index is 582. The molecule has 3 nitrogen and oxygen atoms in total. The third-order valence-electron chi connectivity index (χ3n) is 3.11. The first-order valence-electron chi connectivity index (χ1n) is 6.01. The van der Waals surface area contributed by atoms with Crippen LogP contribution in [0.3, 0.4) is 0 Å². The van der Waals surface area contributed by atoms with E-state index in [2.05, 4.69) is 4.98 Å². The Hall–Kier alpha value is -1.58. The van der Waals surface area contributed by atoms with Crippen molar-refractivity contribution in [2.24, 2.45) is 0 Å². The Morgan fingerprint density at radius 2 is 2.16 bits per heavy atom. The molecule has 0 fully saturated rings. The molecule has 2 aromatic rings. The number of aromatic nitrogens is 1. The predicted molar refractivity (Wildman–Crippen MR) is 76.6 cm³/mol. The van der Waals surface area contributed by atoms with Gasteiger partial charge in [-0.3, -0.25) is 4.98 Å². The molecule has 1 heterocycles. The molecule has 0 saturated heterocycles. The summed E-state index contributed by atoms with van der Waals surface area (Å²) in [4.78, 5) is 4.12. The molecule has 1 aromatic carbocycles. The summed E-state index contributed by atoms with van der Waals surface area (Å²) in [5.41, 5.74) is 3.38. The van der Waals surface area contributed by atoms with Crippen LogP contribution in [0.1, 0.15) is 24.2 Å². The van der Waals surface area contributed by atoms with E-state index in [-0.39, 0.29) is 0 Å². The van der Waals surface area contributed by atoms with Gasteiger partial charge < -0.3 is 9.84 Å². The summed E-state index contributed by atoms with van der Waals surface area (Å²) >= 11 is 6.25. The minimum atomic E-state index is -0.650. The second-order valence-corrected chi connectivity index (χ2v) is 4.81. The maximum Gasteiger partial charge on any atom is 0.132 e. The van der Waals surface area contributed by atoms with Gasteiger partial charge in [0, 0.05) is 34.1 Å². The summed E-state index contributed by atoms with van der Waals surface area (Å²) < 4.78 is 5.48. The maximum atomic E-state index is 9.87. The van der Waals surface area contributed by atoms with E-state index in [1.165, 1.54) is 0 Å². The molecule has 0 saturated carbocycles. The highest BCUT2D eigenvalue weighted by Crippen LogP contribution is 2.41. The quantitative estimate of drug-likeness (QED) is 0.928. The number of aliphatic hydroxyl groups excluding tert-OH is 1. The lowest BCUT2D eigenvalue weighted by atomic mass is 9.95. The van der Waals surface area contributed by atoms with Gasteiger partial charge in [-0.1, -0.05) is 17.7 Å². The van der Waals surface area contributed by atoms with Crippen LogP contribution in [0, 0.1) is 6.92 Å². The first-order chi connectivity index (χ1) is 9.06. The van der Waals surface area contributed by atoms with Crippen LogP contribution >= 0.6 is 11.6 Å². The second-order valence-electron chi connectivity index (χ2n) is 4.40. The summed E-state index contributed by atoms with van der Waals surface area (Å²) in [5.74, 6) is 0.643. The molecule has 0 aliphatic rings. The van der Waals surface area contributed by atoms with Crippen LogP contribution in [0.5, 0.6) is 5.75 Å². The van der Waals surface area contributed by atoms with E-state index in [0.29, 0.717) is 16.3 Å². The molecule has 0 aliphatic carbocycles. The molecular formula is C15H16ClNO2. The van der Waals surface area contributed by atoms with Crippen molar-refractivity contribution in [1.29, 1.82) is 0 Å². The van der Waals surface area contributed by atoms with E-state index in [1.807, 2.05) is 19.1 Å². The number of nitrogens with zero attached hydrogens (tertiary/aromatic N) is 1. The van der Waals surface area contributed by atoms with E-state index in [0.717, 1.165) is 16.7 Å². The molecule has 4 heteroatoms. The largest absolute Gasteiger partial charge is 0.496 e. The van der Waals surface area contributed by atoms with Gasteiger partial charge in [-0.15, -0.1) is 0 Å². The lowest BCUT2D eigenvalue weighted by Gasteiger charge is -2.19. The van der Waals surface area contributed by atoms with Crippen molar-refractivity contribution >= 4 is 11.6 Å². The molecule has 100 valence electrons. The highest BCUT2D eigenvalue weighted by atomic mass is 35.5. The number of benzene rings is 1. The highest BCUT2D eigenvalue weighted by Gasteiger charge is 2.19. The third kappa shape index (κ3) is 2.57. The van der Waals surface area contributed by atoms with Gasteiger partial charge in [0.15, 0.2) is 0 Å². The summed E-state index contributed by atoms with van der Waals surface area (Å²) in [7, 11) is 1.59. The molecule has 1 N–H and O–H groups in total. The number of ether oxygens (including phenoxy) is 1. The Balaban J connectivity index is 2.78. The summed E-state index contributed by atoms with van der Waals surface area (Å²) in [6.07, 6.45) is 2.82. The predicted octanol–water partition coefficient (Wildman–Crippen LogP) is 3.77.